The fraction of sp³-hybridized carbons (Fsp3) is 0.417. The minimum atomic E-state index is -0.0358. The first-order valence-corrected chi connectivity index (χ1v) is 10.8. The van der Waals surface area contributed by atoms with Crippen molar-refractivity contribution in [2.45, 2.75) is 33.1 Å². The second-order valence-corrected chi connectivity index (χ2v) is 8.16. The first kappa shape index (κ1) is 22.2. The molecule has 6 heteroatoms. The van der Waals surface area contributed by atoms with Crippen molar-refractivity contribution in [2.75, 3.05) is 32.8 Å². The summed E-state index contributed by atoms with van der Waals surface area (Å²) in [4.78, 5) is 28.9. The zero-order valence-corrected chi connectivity index (χ0v) is 18.5. The first-order valence-electron chi connectivity index (χ1n) is 10.4. The zero-order chi connectivity index (χ0) is 21.5. The fourth-order valence-electron chi connectivity index (χ4n) is 3.59. The molecular weight excluding hydrogens is 400 g/mol. The van der Waals surface area contributed by atoms with Crippen molar-refractivity contribution in [1.29, 1.82) is 0 Å². The number of hydrogen-bond donors (Lipinski definition) is 0. The van der Waals surface area contributed by atoms with Crippen LogP contribution in [0.2, 0.25) is 5.02 Å². The van der Waals surface area contributed by atoms with E-state index >= 15 is 0 Å². The van der Waals surface area contributed by atoms with Gasteiger partial charge in [-0.15, -0.1) is 0 Å². The Hall–Kier alpha value is -2.53. The molecule has 0 spiro atoms. The molecule has 2 aromatic rings. The zero-order valence-electron chi connectivity index (χ0n) is 17.7. The summed E-state index contributed by atoms with van der Waals surface area (Å²) in [5, 5.41) is 0.698. The van der Waals surface area contributed by atoms with Crippen LogP contribution in [-0.4, -0.2) is 54.4 Å². The number of rotatable bonds is 6. The van der Waals surface area contributed by atoms with E-state index in [4.69, 9.17) is 16.3 Å². The lowest BCUT2D eigenvalue weighted by Gasteiger charge is -2.22. The summed E-state index contributed by atoms with van der Waals surface area (Å²) in [5.41, 5.74) is 3.30. The van der Waals surface area contributed by atoms with Crippen molar-refractivity contribution in [2.24, 2.45) is 0 Å². The van der Waals surface area contributed by atoms with Gasteiger partial charge in [-0.25, -0.2) is 0 Å². The normalized spacial score (nSPS) is 14.4. The van der Waals surface area contributed by atoms with Gasteiger partial charge < -0.3 is 14.5 Å². The highest BCUT2D eigenvalue weighted by atomic mass is 35.5. The number of benzene rings is 2. The van der Waals surface area contributed by atoms with Crippen LogP contribution in [0.25, 0.3) is 0 Å². The summed E-state index contributed by atoms with van der Waals surface area (Å²) < 4.78 is 5.76. The maximum absolute atomic E-state index is 12.6. The molecule has 1 fully saturated rings. The van der Waals surface area contributed by atoms with Crippen LogP contribution in [0.5, 0.6) is 5.75 Å². The molecule has 160 valence electrons. The average Bonchev–Trinajstić information content (AvgIpc) is 3.00. The highest BCUT2D eigenvalue weighted by Crippen LogP contribution is 2.20. The number of nitrogens with zero attached hydrogens (tertiary/aromatic N) is 2. The molecule has 0 radical (unpaired) electrons. The standard InChI is InChI=1S/C24H29ClN2O3/c1-18-5-3-6-22(19(18)2)30-17-24(29)27-14-4-13-26(15-16-27)23(28)12-9-20-7-10-21(25)11-8-20/h3,5-8,10-11H,4,9,12-17H2,1-2H3. The highest BCUT2D eigenvalue weighted by molar-refractivity contribution is 6.30. The molecule has 0 N–H and O–H groups in total. The number of amides is 2. The fourth-order valence-corrected chi connectivity index (χ4v) is 3.71. The first-order chi connectivity index (χ1) is 14.4. The molecule has 3 rings (SSSR count). The van der Waals surface area contributed by atoms with Gasteiger partial charge in [0.25, 0.3) is 5.91 Å². The highest BCUT2D eigenvalue weighted by Gasteiger charge is 2.22. The molecule has 1 saturated heterocycles. The van der Waals surface area contributed by atoms with Gasteiger partial charge in [0.05, 0.1) is 0 Å². The van der Waals surface area contributed by atoms with E-state index in [9.17, 15) is 9.59 Å². The molecule has 1 aliphatic rings. The third-order valence-corrected chi connectivity index (χ3v) is 5.90. The van der Waals surface area contributed by atoms with Crippen molar-refractivity contribution < 1.29 is 14.3 Å². The Morgan fingerprint density at radius 1 is 0.933 bits per heavy atom. The number of aryl methyl sites for hydroxylation is 2. The van der Waals surface area contributed by atoms with Crippen LogP contribution < -0.4 is 4.74 Å². The molecule has 1 aliphatic heterocycles. The Morgan fingerprint density at radius 2 is 1.60 bits per heavy atom. The predicted octanol–water partition coefficient (Wildman–Crippen LogP) is 4.03. The quantitative estimate of drug-likeness (QED) is 0.698. The second-order valence-electron chi connectivity index (χ2n) is 7.73. The van der Waals surface area contributed by atoms with Gasteiger partial charge in [0.15, 0.2) is 6.61 Å². The Morgan fingerprint density at radius 3 is 2.30 bits per heavy atom. The molecular formula is C24H29ClN2O3. The van der Waals surface area contributed by atoms with Gasteiger partial charge in [-0.2, -0.15) is 0 Å². The van der Waals surface area contributed by atoms with Crippen LogP contribution in [-0.2, 0) is 16.0 Å². The number of carbonyl (C=O) groups excluding carboxylic acids is 2. The summed E-state index contributed by atoms with van der Waals surface area (Å²) in [6.07, 6.45) is 1.94. The van der Waals surface area contributed by atoms with Crippen LogP contribution >= 0.6 is 11.6 Å². The second kappa shape index (κ2) is 10.5. The van der Waals surface area contributed by atoms with Gasteiger partial charge in [0.2, 0.25) is 5.91 Å². The van der Waals surface area contributed by atoms with E-state index in [1.807, 2.05) is 61.2 Å². The van der Waals surface area contributed by atoms with Crippen molar-refractivity contribution >= 4 is 23.4 Å². The largest absolute Gasteiger partial charge is 0.483 e. The monoisotopic (exact) mass is 428 g/mol. The van der Waals surface area contributed by atoms with E-state index in [1.54, 1.807) is 4.90 Å². The molecule has 2 aromatic carbocycles. The van der Waals surface area contributed by atoms with Crippen molar-refractivity contribution in [3.63, 3.8) is 0 Å². The SMILES string of the molecule is Cc1cccc(OCC(=O)N2CCCN(C(=O)CCc3ccc(Cl)cc3)CC2)c1C. The predicted molar refractivity (Wildman–Crippen MR) is 119 cm³/mol. The summed E-state index contributed by atoms with van der Waals surface area (Å²) >= 11 is 5.91. The molecule has 0 aliphatic carbocycles. The van der Waals surface area contributed by atoms with E-state index in [0.29, 0.717) is 44.0 Å². The smallest absolute Gasteiger partial charge is 0.260 e. The Kier molecular flexibility index (Phi) is 7.75. The molecule has 1 heterocycles. The van der Waals surface area contributed by atoms with E-state index in [-0.39, 0.29) is 18.4 Å². The topological polar surface area (TPSA) is 49.9 Å². The summed E-state index contributed by atoms with van der Waals surface area (Å²) in [6, 6.07) is 13.4. The van der Waals surface area contributed by atoms with Gasteiger partial charge in [0.1, 0.15) is 5.75 Å². The lowest BCUT2D eigenvalue weighted by molar-refractivity contribution is -0.134. The van der Waals surface area contributed by atoms with Gasteiger partial charge in [-0.05, 0) is 61.6 Å². The van der Waals surface area contributed by atoms with Crippen LogP contribution in [0.15, 0.2) is 42.5 Å². The minimum absolute atomic E-state index is 0.0226. The van der Waals surface area contributed by atoms with Crippen LogP contribution in [0.1, 0.15) is 29.5 Å². The molecule has 5 nitrogen and oxygen atoms in total. The van der Waals surface area contributed by atoms with Gasteiger partial charge in [-0.3, -0.25) is 9.59 Å². The van der Waals surface area contributed by atoms with E-state index < -0.39 is 0 Å². The number of carbonyl (C=O) groups is 2. The lowest BCUT2D eigenvalue weighted by atomic mass is 10.1. The number of hydrogen-bond acceptors (Lipinski definition) is 3. The lowest BCUT2D eigenvalue weighted by Crippen LogP contribution is -2.39. The molecule has 0 bridgehead atoms. The third kappa shape index (κ3) is 5.99. The molecule has 2 amide bonds. The van der Waals surface area contributed by atoms with E-state index in [2.05, 4.69) is 0 Å². The average molecular weight is 429 g/mol. The summed E-state index contributed by atoms with van der Waals surface area (Å²) in [7, 11) is 0. The van der Waals surface area contributed by atoms with Crippen molar-refractivity contribution in [3.8, 4) is 5.75 Å². The Labute approximate surface area is 183 Å². The maximum atomic E-state index is 12.6. The molecule has 0 atom stereocenters. The minimum Gasteiger partial charge on any atom is -0.483 e. The van der Waals surface area contributed by atoms with Gasteiger partial charge >= 0.3 is 0 Å². The molecule has 0 saturated carbocycles. The van der Waals surface area contributed by atoms with Crippen LogP contribution in [0.4, 0.5) is 0 Å². The number of ether oxygens (including phenoxy) is 1. The molecule has 0 unspecified atom stereocenters. The maximum Gasteiger partial charge on any atom is 0.260 e. The molecule has 0 aromatic heterocycles. The van der Waals surface area contributed by atoms with Crippen molar-refractivity contribution in [1.82, 2.24) is 9.80 Å². The van der Waals surface area contributed by atoms with Crippen molar-refractivity contribution in [3.05, 3.63) is 64.2 Å². The van der Waals surface area contributed by atoms with Crippen LogP contribution in [0.3, 0.4) is 0 Å². The summed E-state index contributed by atoms with van der Waals surface area (Å²) in [5.74, 6) is 0.842. The number of halogens is 1. The summed E-state index contributed by atoms with van der Waals surface area (Å²) in [6.45, 7) is 6.48. The van der Waals surface area contributed by atoms with E-state index in [1.165, 1.54) is 0 Å². The third-order valence-electron chi connectivity index (χ3n) is 5.65. The van der Waals surface area contributed by atoms with E-state index in [0.717, 1.165) is 28.9 Å². The van der Waals surface area contributed by atoms with Crippen LogP contribution in [0, 0.1) is 13.8 Å². The van der Waals surface area contributed by atoms with Gasteiger partial charge in [-0.1, -0.05) is 35.9 Å². The Bertz CT molecular complexity index is 883. The molecule has 30 heavy (non-hydrogen) atoms. The van der Waals surface area contributed by atoms with Gasteiger partial charge in [0, 0.05) is 37.6 Å². The Balaban J connectivity index is 1.46.